The molecule has 11 nitrogen and oxygen atoms in total. The van der Waals surface area contributed by atoms with Gasteiger partial charge in [0.25, 0.3) is 0 Å². The third-order valence-corrected chi connectivity index (χ3v) is 16.1. The van der Waals surface area contributed by atoms with Gasteiger partial charge in [0.1, 0.15) is 36.6 Å². The summed E-state index contributed by atoms with van der Waals surface area (Å²) in [6.45, 7) is 3.47. The molecule has 0 aromatic rings. The molecule has 1 saturated heterocycles. The molecule has 9 atom stereocenters. The van der Waals surface area contributed by atoms with Gasteiger partial charge in [-0.1, -0.05) is 268 Å². The highest BCUT2D eigenvalue weighted by Gasteiger charge is 2.44. The van der Waals surface area contributed by atoms with Crippen LogP contribution in [0.1, 0.15) is 309 Å². The Morgan fingerprint density at radius 2 is 0.759 bits per heavy atom. The van der Waals surface area contributed by atoms with Gasteiger partial charge in [-0.25, -0.2) is 0 Å². The number of amides is 1. The van der Waals surface area contributed by atoms with Gasteiger partial charge in [0, 0.05) is 0 Å². The van der Waals surface area contributed by atoms with E-state index in [2.05, 4.69) is 67.8 Å². The summed E-state index contributed by atoms with van der Waals surface area (Å²) in [5, 5.41) is 76.3. The number of carbonyl (C=O) groups excluding carboxylic acids is 1. The fourth-order valence-electron chi connectivity index (χ4n) is 10.6. The Hall–Kier alpha value is -1.93. The average molecular weight is 1120 g/mol. The zero-order valence-corrected chi connectivity index (χ0v) is 51.1. The Bertz CT molecular complexity index is 1420. The molecular formula is C68H127NO10. The van der Waals surface area contributed by atoms with Gasteiger partial charge < -0.3 is 50.5 Å². The number of hydrogen-bond acceptors (Lipinski definition) is 10. The summed E-state index contributed by atoms with van der Waals surface area (Å²) in [4.78, 5) is 13.2. The molecule has 79 heavy (non-hydrogen) atoms. The SMILES string of the molecule is CCCCCCCCCCCCC/C=C\CCCCCCCCC(O)C(=O)NC(COC1OC(CO)C(O)C(O)C1O)C(O)C(O)CCC/C=C/CC/C=C/CC/C=C/CCCCCCCCCCCCCCCCCCCC. The van der Waals surface area contributed by atoms with Gasteiger partial charge in [0.2, 0.25) is 5.91 Å². The van der Waals surface area contributed by atoms with Gasteiger partial charge in [0.15, 0.2) is 6.29 Å². The van der Waals surface area contributed by atoms with Gasteiger partial charge in [-0.05, 0) is 89.9 Å². The van der Waals surface area contributed by atoms with Crippen LogP contribution < -0.4 is 5.32 Å². The van der Waals surface area contributed by atoms with E-state index in [1.165, 1.54) is 199 Å². The molecular weight excluding hydrogens is 991 g/mol. The van der Waals surface area contributed by atoms with Gasteiger partial charge in [-0.15, -0.1) is 0 Å². The van der Waals surface area contributed by atoms with Crippen LogP contribution in [0.5, 0.6) is 0 Å². The first-order valence-corrected chi connectivity index (χ1v) is 33.5. The van der Waals surface area contributed by atoms with Gasteiger partial charge in [-0.3, -0.25) is 4.79 Å². The summed E-state index contributed by atoms with van der Waals surface area (Å²) in [7, 11) is 0. The number of ether oxygens (including phenoxy) is 2. The monoisotopic (exact) mass is 1120 g/mol. The summed E-state index contributed by atoms with van der Waals surface area (Å²) >= 11 is 0. The van der Waals surface area contributed by atoms with Crippen molar-refractivity contribution in [3.63, 3.8) is 0 Å². The van der Waals surface area contributed by atoms with Crippen molar-refractivity contribution in [3.05, 3.63) is 48.6 Å². The normalized spacial score (nSPS) is 19.6. The molecule has 0 saturated carbocycles. The first-order valence-electron chi connectivity index (χ1n) is 33.5. The summed E-state index contributed by atoms with van der Waals surface area (Å²) in [6, 6.07) is -1.20. The van der Waals surface area contributed by atoms with E-state index in [0.29, 0.717) is 19.3 Å². The lowest BCUT2D eigenvalue weighted by Gasteiger charge is -2.40. The van der Waals surface area contributed by atoms with Crippen molar-refractivity contribution in [2.75, 3.05) is 13.2 Å². The number of rotatable bonds is 58. The smallest absolute Gasteiger partial charge is 0.249 e. The fourth-order valence-corrected chi connectivity index (χ4v) is 10.6. The zero-order valence-electron chi connectivity index (χ0n) is 51.1. The van der Waals surface area contributed by atoms with E-state index >= 15 is 0 Å². The Morgan fingerprint density at radius 1 is 0.430 bits per heavy atom. The molecule has 0 aromatic heterocycles. The van der Waals surface area contributed by atoms with Gasteiger partial charge in [-0.2, -0.15) is 0 Å². The largest absolute Gasteiger partial charge is 0.394 e. The van der Waals surface area contributed by atoms with Crippen LogP contribution in [0.3, 0.4) is 0 Å². The number of unbranched alkanes of at least 4 members (excludes halogenated alkanes) is 38. The molecule has 1 heterocycles. The summed E-state index contributed by atoms with van der Waals surface area (Å²) < 4.78 is 11.2. The average Bonchev–Trinajstić information content (AvgIpc) is 3.46. The van der Waals surface area contributed by atoms with Crippen LogP contribution in [-0.2, 0) is 14.3 Å². The van der Waals surface area contributed by atoms with Crippen LogP contribution in [0.15, 0.2) is 48.6 Å². The van der Waals surface area contributed by atoms with E-state index in [1.807, 2.05) is 0 Å². The molecule has 8 N–H and O–H groups in total. The molecule has 0 spiro atoms. The Balaban J connectivity index is 2.27. The minimum Gasteiger partial charge on any atom is -0.394 e. The predicted molar refractivity (Wildman–Crippen MR) is 330 cm³/mol. The molecule has 464 valence electrons. The standard InChI is InChI=1S/C68H127NO10/c1-3-5-7-9-11-13-15-17-19-21-23-25-26-27-28-29-30-31-32-33-34-36-37-39-41-43-45-47-49-51-53-55-60(71)63(73)59(58-78-68-66(76)65(75)64(74)62(57-70)79-68)69-67(77)61(72)56-54-52-50-48-46-44-42-40-38-35-24-22-20-18-16-14-12-10-8-6-4-2/h33-34,38-41,47,49,59-66,68,70-76H,3-32,35-37,42-46,48,50-58H2,1-2H3,(H,69,77)/b34-33+,40-38-,41-39+,49-47+. The molecule has 1 aliphatic rings. The molecule has 0 radical (unpaired) electrons. The maximum atomic E-state index is 13.2. The van der Waals surface area contributed by atoms with Crippen LogP contribution in [0.25, 0.3) is 0 Å². The van der Waals surface area contributed by atoms with Crippen molar-refractivity contribution in [1.82, 2.24) is 5.32 Å². The Morgan fingerprint density at radius 3 is 1.13 bits per heavy atom. The second-order valence-electron chi connectivity index (χ2n) is 23.5. The van der Waals surface area contributed by atoms with Crippen LogP contribution in [0, 0.1) is 0 Å². The lowest BCUT2D eigenvalue weighted by atomic mass is 9.98. The number of carbonyl (C=O) groups is 1. The maximum absolute atomic E-state index is 13.2. The molecule has 9 unspecified atom stereocenters. The van der Waals surface area contributed by atoms with E-state index in [0.717, 1.165) is 64.2 Å². The minimum atomic E-state index is -1.68. The lowest BCUT2D eigenvalue weighted by molar-refractivity contribution is -0.303. The molecule has 11 heteroatoms. The third kappa shape index (κ3) is 44.3. The van der Waals surface area contributed by atoms with E-state index in [9.17, 15) is 40.5 Å². The van der Waals surface area contributed by atoms with Crippen LogP contribution >= 0.6 is 0 Å². The zero-order chi connectivity index (χ0) is 57.5. The number of nitrogens with one attached hydrogen (secondary N) is 1. The van der Waals surface area contributed by atoms with Crippen molar-refractivity contribution >= 4 is 5.91 Å². The highest BCUT2D eigenvalue weighted by atomic mass is 16.7. The highest BCUT2D eigenvalue weighted by molar-refractivity contribution is 5.80. The molecule has 1 aliphatic heterocycles. The van der Waals surface area contributed by atoms with E-state index < -0.39 is 74.2 Å². The minimum absolute atomic E-state index is 0.239. The molecule has 0 bridgehead atoms. The first kappa shape index (κ1) is 75.1. The van der Waals surface area contributed by atoms with E-state index in [1.54, 1.807) is 0 Å². The van der Waals surface area contributed by atoms with Crippen molar-refractivity contribution in [3.8, 4) is 0 Å². The van der Waals surface area contributed by atoms with Gasteiger partial charge in [0.05, 0.1) is 25.4 Å². The number of aliphatic hydroxyl groups is 7. The number of hydrogen-bond donors (Lipinski definition) is 8. The topological polar surface area (TPSA) is 189 Å². The lowest BCUT2D eigenvalue weighted by Crippen LogP contribution is -2.60. The molecule has 1 rings (SSSR count). The Kier molecular flexibility index (Phi) is 53.7. The molecule has 1 fully saturated rings. The van der Waals surface area contributed by atoms with Crippen molar-refractivity contribution in [2.24, 2.45) is 0 Å². The highest BCUT2D eigenvalue weighted by Crippen LogP contribution is 2.24. The number of allylic oxidation sites excluding steroid dienone is 8. The quantitative estimate of drug-likeness (QED) is 0.0215. The second kappa shape index (κ2) is 56.5. The Labute approximate surface area is 485 Å². The molecule has 0 aliphatic carbocycles. The molecule has 1 amide bonds. The van der Waals surface area contributed by atoms with Crippen molar-refractivity contribution < 1.29 is 50.0 Å². The number of aliphatic hydroxyl groups excluding tert-OH is 7. The van der Waals surface area contributed by atoms with Crippen LogP contribution in [0.2, 0.25) is 0 Å². The first-order chi connectivity index (χ1) is 38.7. The van der Waals surface area contributed by atoms with Crippen molar-refractivity contribution in [1.29, 1.82) is 0 Å². The summed E-state index contributed by atoms with van der Waals surface area (Å²) in [6.07, 6.45) is 61.9. The van der Waals surface area contributed by atoms with Gasteiger partial charge >= 0.3 is 0 Å². The van der Waals surface area contributed by atoms with Crippen LogP contribution in [-0.4, -0.2) is 110 Å². The van der Waals surface area contributed by atoms with E-state index in [4.69, 9.17) is 9.47 Å². The fraction of sp³-hybridized carbons (Fsp3) is 0.868. The summed E-state index contributed by atoms with van der Waals surface area (Å²) in [5.74, 6) is -0.715. The maximum Gasteiger partial charge on any atom is 0.249 e. The predicted octanol–water partition coefficient (Wildman–Crippen LogP) is 15.6. The van der Waals surface area contributed by atoms with E-state index in [-0.39, 0.29) is 12.8 Å². The third-order valence-electron chi connectivity index (χ3n) is 16.1. The van der Waals surface area contributed by atoms with Crippen molar-refractivity contribution in [2.45, 2.75) is 364 Å². The second-order valence-corrected chi connectivity index (χ2v) is 23.5. The molecule has 0 aromatic carbocycles. The van der Waals surface area contributed by atoms with Crippen LogP contribution in [0.4, 0.5) is 0 Å². The summed E-state index contributed by atoms with van der Waals surface area (Å²) in [5.41, 5.74) is 0.